The number of esters is 1. The number of anilines is 1. The topological polar surface area (TPSA) is 64.5 Å². The van der Waals surface area contributed by atoms with Crippen molar-refractivity contribution >= 4 is 23.4 Å². The average molecular weight is 384 g/mol. The first-order valence-corrected chi connectivity index (χ1v) is 8.33. The molecule has 138 valence electrons. The third kappa shape index (κ3) is 4.01. The first kappa shape index (κ1) is 18.3. The molecule has 3 rings (SSSR count). The molecule has 1 fully saturated rings. The fraction of sp³-hybridized carbons (Fsp3) is 0.353. The van der Waals surface area contributed by atoms with Crippen molar-refractivity contribution in [2.45, 2.75) is 18.9 Å². The zero-order valence-electron chi connectivity index (χ0n) is 13.9. The van der Waals surface area contributed by atoms with Crippen LogP contribution in [0.1, 0.15) is 23.3 Å². The summed E-state index contributed by atoms with van der Waals surface area (Å²) in [6, 6.07) is 3.24. The van der Waals surface area contributed by atoms with E-state index in [1.807, 2.05) is 4.90 Å². The average Bonchev–Trinajstić information content (AvgIpc) is 2.64. The standard InChI is InChI=1S/C17H16ClF2N3O3/c1-25-17(24)13-9-21-16(15(18)22-13)23-6-4-11(5-7-23)26-14-3-2-10(19)8-12(14)20/h2-3,8-9,11H,4-7H2,1H3. The van der Waals surface area contributed by atoms with Crippen LogP contribution in [0.2, 0.25) is 5.15 Å². The molecule has 1 aliphatic heterocycles. The van der Waals surface area contributed by atoms with Gasteiger partial charge in [0.25, 0.3) is 0 Å². The molecule has 1 aromatic carbocycles. The van der Waals surface area contributed by atoms with Crippen LogP contribution >= 0.6 is 11.6 Å². The van der Waals surface area contributed by atoms with E-state index in [0.29, 0.717) is 31.7 Å². The van der Waals surface area contributed by atoms with Crippen LogP contribution in [-0.2, 0) is 4.74 Å². The Balaban J connectivity index is 1.62. The lowest BCUT2D eigenvalue weighted by molar-refractivity contribution is 0.0593. The smallest absolute Gasteiger partial charge is 0.358 e. The van der Waals surface area contributed by atoms with Gasteiger partial charge in [0, 0.05) is 32.0 Å². The molecular formula is C17H16ClF2N3O3. The Labute approximate surface area is 153 Å². The van der Waals surface area contributed by atoms with Gasteiger partial charge < -0.3 is 14.4 Å². The Bertz CT molecular complexity index is 814. The highest BCUT2D eigenvalue weighted by molar-refractivity contribution is 6.31. The molecule has 2 aromatic rings. The second-order valence-corrected chi connectivity index (χ2v) is 6.10. The highest BCUT2D eigenvalue weighted by atomic mass is 35.5. The summed E-state index contributed by atoms with van der Waals surface area (Å²) in [5, 5.41) is 0.108. The molecule has 0 saturated carbocycles. The monoisotopic (exact) mass is 383 g/mol. The van der Waals surface area contributed by atoms with Gasteiger partial charge in [0.05, 0.1) is 13.3 Å². The molecule has 26 heavy (non-hydrogen) atoms. The summed E-state index contributed by atoms with van der Waals surface area (Å²) < 4.78 is 36.8. The van der Waals surface area contributed by atoms with E-state index in [1.165, 1.54) is 19.4 Å². The molecule has 0 radical (unpaired) electrons. The van der Waals surface area contributed by atoms with Crippen molar-refractivity contribution in [3.8, 4) is 5.75 Å². The lowest BCUT2D eigenvalue weighted by atomic mass is 10.1. The van der Waals surface area contributed by atoms with Crippen molar-refractivity contribution in [3.05, 3.63) is 46.9 Å². The largest absolute Gasteiger partial charge is 0.487 e. The second kappa shape index (κ2) is 7.82. The third-order valence-corrected chi connectivity index (χ3v) is 4.29. The number of hydrogen-bond acceptors (Lipinski definition) is 6. The van der Waals surface area contributed by atoms with E-state index in [1.54, 1.807) is 0 Å². The van der Waals surface area contributed by atoms with Gasteiger partial charge in [-0.1, -0.05) is 11.6 Å². The fourth-order valence-electron chi connectivity index (χ4n) is 2.71. The summed E-state index contributed by atoms with van der Waals surface area (Å²) in [5.74, 6) is -1.48. The maximum Gasteiger partial charge on any atom is 0.358 e. The second-order valence-electron chi connectivity index (χ2n) is 5.74. The van der Waals surface area contributed by atoms with Gasteiger partial charge in [0.15, 0.2) is 28.2 Å². The third-order valence-electron chi connectivity index (χ3n) is 4.04. The molecule has 0 N–H and O–H groups in total. The number of carbonyl (C=O) groups excluding carboxylic acids is 1. The van der Waals surface area contributed by atoms with Gasteiger partial charge in [-0.3, -0.25) is 0 Å². The SMILES string of the molecule is COC(=O)c1cnc(N2CCC(Oc3ccc(F)cc3F)CC2)c(Cl)n1. The summed E-state index contributed by atoms with van der Waals surface area (Å²) >= 11 is 6.13. The fourth-order valence-corrected chi connectivity index (χ4v) is 2.97. The normalized spacial score (nSPS) is 15.0. The van der Waals surface area contributed by atoms with Crippen LogP contribution in [0.3, 0.4) is 0 Å². The van der Waals surface area contributed by atoms with E-state index in [4.69, 9.17) is 16.3 Å². The number of piperidine rings is 1. The van der Waals surface area contributed by atoms with Crippen molar-refractivity contribution in [3.63, 3.8) is 0 Å². The zero-order valence-corrected chi connectivity index (χ0v) is 14.7. The summed E-state index contributed by atoms with van der Waals surface area (Å²) in [6.07, 6.45) is 2.32. The van der Waals surface area contributed by atoms with E-state index in [-0.39, 0.29) is 22.7 Å². The number of methoxy groups -OCH3 is 1. The Hall–Kier alpha value is -2.48. The zero-order chi connectivity index (χ0) is 18.7. The van der Waals surface area contributed by atoms with Crippen molar-refractivity contribution < 1.29 is 23.0 Å². The van der Waals surface area contributed by atoms with E-state index >= 15 is 0 Å². The molecule has 0 bridgehead atoms. The molecular weight excluding hydrogens is 368 g/mol. The minimum absolute atomic E-state index is 0.0325. The van der Waals surface area contributed by atoms with Crippen molar-refractivity contribution in [2.24, 2.45) is 0 Å². The van der Waals surface area contributed by atoms with Crippen LogP contribution in [-0.4, -0.2) is 42.2 Å². The number of halogens is 3. The maximum atomic E-state index is 13.7. The maximum absolute atomic E-state index is 13.7. The van der Waals surface area contributed by atoms with Crippen LogP contribution in [0.5, 0.6) is 5.75 Å². The molecule has 0 spiro atoms. The van der Waals surface area contributed by atoms with Gasteiger partial charge in [0.2, 0.25) is 0 Å². The number of rotatable bonds is 4. The Morgan fingerprint density at radius 1 is 1.31 bits per heavy atom. The van der Waals surface area contributed by atoms with Crippen LogP contribution in [0.15, 0.2) is 24.4 Å². The molecule has 0 unspecified atom stereocenters. The van der Waals surface area contributed by atoms with Gasteiger partial charge in [-0.05, 0) is 12.1 Å². The molecule has 9 heteroatoms. The van der Waals surface area contributed by atoms with Crippen LogP contribution in [0, 0.1) is 11.6 Å². The molecule has 0 amide bonds. The molecule has 6 nitrogen and oxygen atoms in total. The van der Waals surface area contributed by atoms with Crippen LogP contribution in [0.4, 0.5) is 14.6 Å². The predicted molar refractivity (Wildman–Crippen MR) is 90.6 cm³/mol. The summed E-state index contributed by atoms with van der Waals surface area (Å²) in [5.41, 5.74) is 0.0336. The highest BCUT2D eigenvalue weighted by Gasteiger charge is 2.25. The number of benzene rings is 1. The lowest BCUT2D eigenvalue weighted by Crippen LogP contribution is -2.39. The number of hydrogen-bond donors (Lipinski definition) is 0. The minimum atomic E-state index is -0.722. The Morgan fingerprint density at radius 3 is 2.65 bits per heavy atom. The van der Waals surface area contributed by atoms with E-state index < -0.39 is 17.6 Å². The lowest BCUT2D eigenvalue weighted by Gasteiger charge is -2.33. The quantitative estimate of drug-likeness (QED) is 0.755. The summed E-state index contributed by atoms with van der Waals surface area (Å²) in [6.45, 7) is 1.14. The van der Waals surface area contributed by atoms with Gasteiger partial charge in [-0.25, -0.2) is 23.5 Å². The molecule has 1 aliphatic rings. The number of carbonyl (C=O) groups is 1. The molecule has 0 atom stereocenters. The van der Waals surface area contributed by atoms with Crippen LogP contribution < -0.4 is 9.64 Å². The highest BCUT2D eigenvalue weighted by Crippen LogP contribution is 2.27. The number of nitrogens with zero attached hydrogens (tertiary/aromatic N) is 3. The first-order valence-electron chi connectivity index (χ1n) is 7.95. The number of aromatic nitrogens is 2. The van der Waals surface area contributed by atoms with Gasteiger partial charge in [0.1, 0.15) is 11.9 Å². The van der Waals surface area contributed by atoms with E-state index in [0.717, 1.165) is 12.1 Å². The van der Waals surface area contributed by atoms with E-state index in [2.05, 4.69) is 14.7 Å². The first-order chi connectivity index (χ1) is 12.5. The molecule has 0 aliphatic carbocycles. The summed E-state index contributed by atoms with van der Waals surface area (Å²) in [4.78, 5) is 21.6. The summed E-state index contributed by atoms with van der Waals surface area (Å²) in [7, 11) is 1.25. The molecule has 1 saturated heterocycles. The van der Waals surface area contributed by atoms with Gasteiger partial charge in [-0.2, -0.15) is 0 Å². The predicted octanol–water partition coefficient (Wildman–Crippen LogP) is 3.24. The van der Waals surface area contributed by atoms with Gasteiger partial charge >= 0.3 is 5.97 Å². The number of ether oxygens (including phenoxy) is 2. The van der Waals surface area contributed by atoms with Crippen molar-refractivity contribution in [1.82, 2.24) is 9.97 Å². The van der Waals surface area contributed by atoms with Crippen LogP contribution in [0.25, 0.3) is 0 Å². The van der Waals surface area contributed by atoms with Crippen molar-refractivity contribution in [2.75, 3.05) is 25.1 Å². The van der Waals surface area contributed by atoms with E-state index in [9.17, 15) is 13.6 Å². The minimum Gasteiger partial charge on any atom is -0.487 e. The Kier molecular flexibility index (Phi) is 5.51. The molecule has 1 aromatic heterocycles. The van der Waals surface area contributed by atoms with Gasteiger partial charge in [-0.15, -0.1) is 0 Å². The Morgan fingerprint density at radius 2 is 2.04 bits per heavy atom. The molecule has 2 heterocycles. The van der Waals surface area contributed by atoms with Crippen molar-refractivity contribution in [1.29, 1.82) is 0 Å².